The monoisotopic (exact) mass is 445 g/mol. The smallest absolute Gasteiger partial charge is 0.416 e. The highest BCUT2D eigenvalue weighted by atomic mass is 19.4. The maximum atomic E-state index is 13.5. The zero-order chi connectivity index (χ0) is 23.1. The highest BCUT2D eigenvalue weighted by Crippen LogP contribution is 2.39. The molecule has 0 aliphatic rings. The van der Waals surface area contributed by atoms with Crippen LogP contribution in [-0.4, -0.2) is 15.6 Å². The van der Waals surface area contributed by atoms with Crippen LogP contribution in [0.2, 0.25) is 0 Å². The van der Waals surface area contributed by atoms with Gasteiger partial charge in [0.25, 0.3) is 0 Å². The summed E-state index contributed by atoms with van der Waals surface area (Å²) in [4.78, 5) is 11.5. The lowest BCUT2D eigenvalue weighted by Gasteiger charge is -2.17. The number of carboxylic acids is 1. The molecule has 0 aliphatic carbocycles. The topological polar surface area (TPSA) is 42.2 Å². The predicted molar refractivity (Wildman–Crippen MR) is 97.1 cm³/mol. The Morgan fingerprint density at radius 1 is 0.935 bits per heavy atom. The van der Waals surface area contributed by atoms with Crippen molar-refractivity contribution >= 4 is 5.97 Å². The van der Waals surface area contributed by atoms with Crippen LogP contribution in [0.3, 0.4) is 0 Å². The van der Waals surface area contributed by atoms with Crippen LogP contribution in [-0.2, 0) is 18.9 Å². The van der Waals surface area contributed by atoms with E-state index in [4.69, 9.17) is 0 Å². The molecular formula is C21H14F7NO2. The largest absolute Gasteiger partial charge is 0.478 e. The Labute approximate surface area is 171 Å². The fourth-order valence-corrected chi connectivity index (χ4v) is 3.23. The number of halogens is 7. The Hall–Kier alpha value is -3.30. The van der Waals surface area contributed by atoms with Gasteiger partial charge in [-0.2, -0.15) is 26.3 Å². The Bertz CT molecular complexity index is 1110. The summed E-state index contributed by atoms with van der Waals surface area (Å²) in [6.07, 6.45) is -10.1. The molecule has 1 aromatic heterocycles. The summed E-state index contributed by atoms with van der Waals surface area (Å²) in [6, 6.07) is 7.23. The van der Waals surface area contributed by atoms with Gasteiger partial charge in [-0.05, 0) is 54.4 Å². The number of hydrogen-bond donors (Lipinski definition) is 1. The van der Waals surface area contributed by atoms with Gasteiger partial charge in [0.2, 0.25) is 0 Å². The van der Waals surface area contributed by atoms with Crippen LogP contribution in [0.25, 0.3) is 11.3 Å². The number of rotatable bonds is 4. The molecule has 3 nitrogen and oxygen atoms in total. The van der Waals surface area contributed by atoms with Crippen molar-refractivity contribution < 1.29 is 40.6 Å². The lowest BCUT2D eigenvalue weighted by molar-refractivity contribution is -0.143. The number of benzene rings is 2. The first-order valence-electron chi connectivity index (χ1n) is 8.75. The molecule has 2 aromatic carbocycles. The van der Waals surface area contributed by atoms with Gasteiger partial charge in [0, 0.05) is 17.9 Å². The van der Waals surface area contributed by atoms with E-state index in [0.717, 1.165) is 18.2 Å². The maximum Gasteiger partial charge on any atom is 0.416 e. The number of carbonyl (C=O) groups is 1. The van der Waals surface area contributed by atoms with Crippen LogP contribution in [0.4, 0.5) is 30.7 Å². The first kappa shape index (κ1) is 22.4. The van der Waals surface area contributed by atoms with Gasteiger partial charge in [-0.3, -0.25) is 0 Å². The molecular weight excluding hydrogens is 431 g/mol. The summed E-state index contributed by atoms with van der Waals surface area (Å²) in [5.41, 5.74) is -3.53. The van der Waals surface area contributed by atoms with E-state index in [9.17, 15) is 40.6 Å². The van der Waals surface area contributed by atoms with Crippen molar-refractivity contribution in [1.82, 2.24) is 4.57 Å². The number of hydrogen-bond acceptors (Lipinski definition) is 1. The quantitative estimate of drug-likeness (QED) is 0.473. The van der Waals surface area contributed by atoms with E-state index >= 15 is 0 Å². The molecule has 1 heterocycles. The van der Waals surface area contributed by atoms with Gasteiger partial charge in [-0.25, -0.2) is 9.18 Å². The van der Waals surface area contributed by atoms with E-state index in [2.05, 4.69) is 0 Å². The summed E-state index contributed by atoms with van der Waals surface area (Å²) in [5, 5.41) is 9.39. The zero-order valence-electron chi connectivity index (χ0n) is 15.8. The fourth-order valence-electron chi connectivity index (χ4n) is 3.23. The highest BCUT2D eigenvalue weighted by molar-refractivity contribution is 5.91. The summed E-state index contributed by atoms with van der Waals surface area (Å²) >= 11 is 0. The van der Waals surface area contributed by atoms with Gasteiger partial charge in [0.05, 0.1) is 16.7 Å². The van der Waals surface area contributed by atoms with Crippen molar-refractivity contribution in [3.8, 4) is 11.3 Å². The predicted octanol–water partition coefficient (Wildman–Crippen LogP) is 6.39. The maximum absolute atomic E-state index is 13.5. The minimum absolute atomic E-state index is 0.00564. The van der Waals surface area contributed by atoms with Crippen molar-refractivity contribution in [3.63, 3.8) is 0 Å². The minimum atomic E-state index is -5.05. The second-order valence-corrected chi connectivity index (χ2v) is 6.84. The molecule has 0 spiro atoms. The summed E-state index contributed by atoms with van der Waals surface area (Å²) in [5.74, 6) is -2.00. The molecule has 0 amide bonds. The van der Waals surface area contributed by atoms with Crippen LogP contribution >= 0.6 is 0 Å². The average Bonchev–Trinajstić information content (AvgIpc) is 2.97. The Morgan fingerprint density at radius 3 is 2.00 bits per heavy atom. The van der Waals surface area contributed by atoms with Gasteiger partial charge in [-0.1, -0.05) is 12.1 Å². The zero-order valence-corrected chi connectivity index (χ0v) is 15.8. The second-order valence-electron chi connectivity index (χ2n) is 6.84. The van der Waals surface area contributed by atoms with E-state index < -0.39 is 40.8 Å². The van der Waals surface area contributed by atoms with Crippen LogP contribution in [0.15, 0.2) is 48.5 Å². The van der Waals surface area contributed by atoms with E-state index in [1.54, 1.807) is 0 Å². The third-order valence-electron chi connectivity index (χ3n) is 4.71. The van der Waals surface area contributed by atoms with Crippen LogP contribution in [0.1, 0.15) is 32.7 Å². The number of alkyl halides is 6. The van der Waals surface area contributed by atoms with Crippen molar-refractivity contribution in [3.05, 3.63) is 82.3 Å². The molecule has 3 aromatic rings. The molecule has 0 radical (unpaired) electrons. The van der Waals surface area contributed by atoms with Crippen molar-refractivity contribution in [2.24, 2.45) is 0 Å². The normalized spacial score (nSPS) is 12.3. The van der Waals surface area contributed by atoms with Crippen molar-refractivity contribution in [1.29, 1.82) is 0 Å². The van der Waals surface area contributed by atoms with Gasteiger partial charge < -0.3 is 9.67 Å². The molecule has 0 fully saturated rings. The van der Waals surface area contributed by atoms with Crippen LogP contribution in [0.5, 0.6) is 0 Å². The molecule has 0 saturated carbocycles. The van der Waals surface area contributed by atoms with Crippen molar-refractivity contribution in [2.75, 3.05) is 0 Å². The lowest BCUT2D eigenvalue weighted by Crippen LogP contribution is -2.12. The minimum Gasteiger partial charge on any atom is -0.478 e. The molecule has 0 unspecified atom stereocenters. The highest BCUT2D eigenvalue weighted by Gasteiger charge is 2.37. The summed E-state index contributed by atoms with van der Waals surface area (Å²) in [6.45, 7) is 1.20. The first-order chi connectivity index (χ1) is 14.3. The molecule has 31 heavy (non-hydrogen) atoms. The fraction of sp³-hybridized carbons (Fsp3) is 0.190. The first-order valence-corrected chi connectivity index (χ1v) is 8.75. The van der Waals surface area contributed by atoms with Gasteiger partial charge >= 0.3 is 18.3 Å². The molecule has 0 bridgehead atoms. The van der Waals surface area contributed by atoms with Gasteiger partial charge in [0.1, 0.15) is 5.82 Å². The molecule has 0 aliphatic heterocycles. The standard InChI is InChI=1S/C21H14F7NO2/c1-11-17(19(30)31)9-18(29(11)10-12-3-2-4-16(22)5-12)13-6-14(20(23,24)25)8-15(7-13)21(26,27)28/h2-9H,10H2,1H3,(H,30,31). The van der Waals surface area contributed by atoms with E-state index in [0.29, 0.717) is 17.7 Å². The number of carboxylic acid groups (broad SMARTS) is 1. The van der Waals surface area contributed by atoms with Crippen molar-refractivity contribution in [2.45, 2.75) is 25.8 Å². The average molecular weight is 445 g/mol. The molecule has 3 rings (SSSR count). The number of aromatic nitrogens is 1. The molecule has 164 valence electrons. The third-order valence-corrected chi connectivity index (χ3v) is 4.71. The Kier molecular flexibility index (Phi) is 5.60. The molecule has 0 atom stereocenters. The molecule has 1 N–H and O–H groups in total. The lowest BCUT2D eigenvalue weighted by atomic mass is 10.0. The Balaban J connectivity index is 2.26. The third kappa shape index (κ3) is 4.73. The van der Waals surface area contributed by atoms with E-state index in [1.807, 2.05) is 0 Å². The number of aromatic carboxylic acids is 1. The molecule has 10 heteroatoms. The van der Waals surface area contributed by atoms with Gasteiger partial charge in [0.15, 0.2) is 0 Å². The van der Waals surface area contributed by atoms with Gasteiger partial charge in [-0.15, -0.1) is 0 Å². The van der Waals surface area contributed by atoms with E-state index in [-0.39, 0.29) is 29.6 Å². The summed E-state index contributed by atoms with van der Waals surface area (Å²) < 4.78 is 94.3. The molecule has 0 saturated heterocycles. The van der Waals surface area contributed by atoms with Crippen LogP contribution < -0.4 is 0 Å². The van der Waals surface area contributed by atoms with E-state index in [1.165, 1.54) is 23.6 Å². The number of nitrogens with zero attached hydrogens (tertiary/aromatic N) is 1. The SMILES string of the molecule is Cc1c(C(=O)O)cc(-c2cc(C(F)(F)F)cc(C(F)(F)F)c2)n1Cc1cccc(F)c1. The van der Waals surface area contributed by atoms with Crippen LogP contribution in [0, 0.1) is 12.7 Å². The Morgan fingerprint density at radius 2 is 1.52 bits per heavy atom. The summed E-state index contributed by atoms with van der Waals surface area (Å²) in [7, 11) is 0. The second kappa shape index (κ2) is 7.75.